The second-order valence-corrected chi connectivity index (χ2v) is 7.90. The number of aliphatic carboxylic acids is 1. The van der Waals surface area contributed by atoms with Crippen molar-refractivity contribution in [3.05, 3.63) is 19.8 Å². The van der Waals surface area contributed by atoms with E-state index in [1.165, 1.54) is 11.3 Å². The quantitative estimate of drug-likeness (QED) is 0.801. The van der Waals surface area contributed by atoms with Crippen LogP contribution in [-0.4, -0.2) is 11.1 Å². The molecule has 0 saturated heterocycles. The summed E-state index contributed by atoms with van der Waals surface area (Å²) >= 11 is 10.9. The summed E-state index contributed by atoms with van der Waals surface area (Å²) in [6.07, 6.45) is 5.09. The van der Waals surface area contributed by atoms with Crippen molar-refractivity contribution in [1.29, 1.82) is 0 Å². The van der Waals surface area contributed by atoms with E-state index in [1.54, 1.807) is 0 Å². The summed E-state index contributed by atoms with van der Waals surface area (Å²) in [7, 11) is 0. The van der Waals surface area contributed by atoms with Gasteiger partial charge >= 0.3 is 5.97 Å². The fourth-order valence-corrected chi connectivity index (χ4v) is 4.75. The van der Waals surface area contributed by atoms with Crippen molar-refractivity contribution in [2.24, 2.45) is 11.1 Å². The Morgan fingerprint density at radius 1 is 1.58 bits per heavy atom. The summed E-state index contributed by atoms with van der Waals surface area (Å²) in [6, 6.07) is 1.81. The first-order valence-corrected chi connectivity index (χ1v) is 8.33. The molecule has 1 aliphatic carbocycles. The van der Waals surface area contributed by atoms with Gasteiger partial charge in [-0.25, -0.2) is 0 Å². The summed E-state index contributed by atoms with van der Waals surface area (Å²) in [4.78, 5) is 12.1. The zero-order chi connectivity index (χ0) is 14.0. The van der Waals surface area contributed by atoms with E-state index in [4.69, 9.17) is 22.4 Å². The van der Waals surface area contributed by atoms with Crippen LogP contribution >= 0.6 is 38.9 Å². The number of carboxylic acids is 1. The molecule has 3 nitrogen and oxygen atoms in total. The van der Waals surface area contributed by atoms with Crippen LogP contribution in [0.2, 0.25) is 4.34 Å². The molecule has 1 saturated carbocycles. The van der Waals surface area contributed by atoms with Gasteiger partial charge in [-0.1, -0.05) is 24.4 Å². The minimum Gasteiger partial charge on any atom is -0.481 e. The van der Waals surface area contributed by atoms with Gasteiger partial charge in [0.05, 0.1) is 6.42 Å². The zero-order valence-corrected chi connectivity index (χ0v) is 13.7. The third-order valence-corrected chi connectivity index (χ3v) is 6.48. The third kappa shape index (κ3) is 3.72. The molecule has 0 spiro atoms. The van der Waals surface area contributed by atoms with Gasteiger partial charge in [0.1, 0.15) is 4.34 Å². The smallest absolute Gasteiger partial charge is 0.303 e. The average Bonchev–Trinajstić information content (AvgIpc) is 2.87. The number of hydrogen-bond donors (Lipinski definition) is 2. The highest BCUT2D eigenvalue weighted by molar-refractivity contribution is 9.10. The topological polar surface area (TPSA) is 63.3 Å². The molecule has 1 atom stereocenters. The minimum atomic E-state index is -0.723. The average molecular weight is 367 g/mol. The monoisotopic (exact) mass is 365 g/mol. The number of halogens is 2. The molecular formula is C13H17BrClNO2S. The van der Waals surface area contributed by atoms with E-state index < -0.39 is 5.97 Å². The molecule has 1 aromatic heterocycles. The van der Waals surface area contributed by atoms with Gasteiger partial charge in [0.15, 0.2) is 0 Å². The summed E-state index contributed by atoms with van der Waals surface area (Å²) in [5.74, 6) is -0.723. The number of carbonyl (C=O) groups is 1. The van der Waals surface area contributed by atoms with Gasteiger partial charge < -0.3 is 10.8 Å². The lowest BCUT2D eigenvalue weighted by Gasteiger charge is -2.29. The largest absolute Gasteiger partial charge is 0.481 e. The number of thiophene rings is 1. The molecule has 106 valence electrons. The van der Waals surface area contributed by atoms with Crippen molar-refractivity contribution in [3.8, 4) is 0 Å². The lowest BCUT2D eigenvalue weighted by molar-refractivity contribution is -0.139. The summed E-state index contributed by atoms with van der Waals surface area (Å²) < 4.78 is 1.56. The maximum Gasteiger partial charge on any atom is 0.303 e. The van der Waals surface area contributed by atoms with Crippen LogP contribution < -0.4 is 5.73 Å². The standard InChI is InChI=1S/C13H17BrClNO2S/c14-8-5-10(19-12(8)15)9(16)6-13(7-11(17)18)3-1-2-4-13/h5,9H,1-4,6-7,16H2,(H,17,18). The van der Waals surface area contributed by atoms with Gasteiger partial charge in [-0.15, -0.1) is 11.3 Å². The van der Waals surface area contributed by atoms with E-state index in [-0.39, 0.29) is 17.9 Å². The fourth-order valence-electron chi connectivity index (χ4n) is 3.01. The Hall–Kier alpha value is -0.100. The fraction of sp³-hybridized carbons (Fsp3) is 0.615. The molecule has 0 radical (unpaired) electrons. The zero-order valence-electron chi connectivity index (χ0n) is 10.5. The van der Waals surface area contributed by atoms with Crippen molar-refractivity contribution in [2.75, 3.05) is 0 Å². The molecule has 0 aromatic carbocycles. The van der Waals surface area contributed by atoms with Gasteiger partial charge in [-0.2, -0.15) is 0 Å². The highest BCUT2D eigenvalue weighted by Gasteiger charge is 2.37. The molecule has 1 aromatic rings. The number of carboxylic acid groups (broad SMARTS) is 1. The number of rotatable bonds is 5. The highest BCUT2D eigenvalue weighted by atomic mass is 79.9. The first-order chi connectivity index (χ1) is 8.92. The molecule has 2 rings (SSSR count). The molecule has 6 heteroatoms. The maximum absolute atomic E-state index is 11.1. The molecule has 0 aliphatic heterocycles. The number of hydrogen-bond acceptors (Lipinski definition) is 3. The Morgan fingerprint density at radius 3 is 2.68 bits per heavy atom. The van der Waals surface area contributed by atoms with E-state index in [0.717, 1.165) is 41.5 Å². The normalized spacial score (nSPS) is 19.5. The Balaban J connectivity index is 2.10. The Labute approximate surface area is 130 Å². The lowest BCUT2D eigenvalue weighted by Crippen LogP contribution is -2.26. The van der Waals surface area contributed by atoms with Crippen molar-refractivity contribution >= 4 is 44.8 Å². The Bertz CT molecular complexity index is 452. The van der Waals surface area contributed by atoms with Crippen LogP contribution in [0.25, 0.3) is 0 Å². The molecule has 19 heavy (non-hydrogen) atoms. The SMILES string of the molecule is NC(CC1(CC(=O)O)CCCC1)c1cc(Br)c(Cl)s1. The predicted octanol–water partition coefficient (Wildman–Crippen LogP) is 4.59. The van der Waals surface area contributed by atoms with E-state index in [0.29, 0.717) is 4.34 Å². The summed E-state index contributed by atoms with van der Waals surface area (Å²) in [5, 5.41) is 9.10. The second kappa shape index (κ2) is 6.12. The van der Waals surface area contributed by atoms with Crippen LogP contribution in [0.5, 0.6) is 0 Å². The van der Waals surface area contributed by atoms with Crippen LogP contribution in [0.4, 0.5) is 0 Å². The molecule has 1 fully saturated rings. The first kappa shape index (κ1) is 15.3. The van der Waals surface area contributed by atoms with Crippen LogP contribution in [0.3, 0.4) is 0 Å². The summed E-state index contributed by atoms with van der Waals surface area (Å²) in [6.45, 7) is 0. The first-order valence-electron chi connectivity index (χ1n) is 6.34. The van der Waals surface area contributed by atoms with E-state index in [1.807, 2.05) is 6.07 Å². The summed E-state index contributed by atoms with van der Waals surface area (Å²) in [5.41, 5.74) is 6.13. The van der Waals surface area contributed by atoms with Crippen molar-refractivity contribution in [3.63, 3.8) is 0 Å². The molecule has 1 unspecified atom stereocenters. The molecule has 1 heterocycles. The highest BCUT2D eigenvalue weighted by Crippen LogP contribution is 2.48. The molecule has 1 aliphatic rings. The van der Waals surface area contributed by atoms with E-state index >= 15 is 0 Å². The second-order valence-electron chi connectivity index (χ2n) is 5.36. The van der Waals surface area contributed by atoms with Crippen LogP contribution in [0.1, 0.15) is 49.4 Å². The van der Waals surface area contributed by atoms with Gasteiger partial charge in [-0.3, -0.25) is 4.79 Å². The predicted molar refractivity (Wildman–Crippen MR) is 81.7 cm³/mol. The van der Waals surface area contributed by atoms with Gasteiger partial charge in [0, 0.05) is 15.4 Å². The Kier molecular flexibility index (Phi) is 4.93. The number of nitrogens with two attached hydrogens (primary N) is 1. The van der Waals surface area contributed by atoms with Gasteiger partial charge in [0.2, 0.25) is 0 Å². The van der Waals surface area contributed by atoms with Crippen LogP contribution in [-0.2, 0) is 4.79 Å². The van der Waals surface area contributed by atoms with Gasteiger partial charge in [-0.05, 0) is 46.7 Å². The van der Waals surface area contributed by atoms with Crippen LogP contribution in [0.15, 0.2) is 10.5 Å². The minimum absolute atomic E-state index is 0.131. The Morgan fingerprint density at radius 2 is 2.21 bits per heavy atom. The van der Waals surface area contributed by atoms with Crippen LogP contribution in [0, 0.1) is 5.41 Å². The molecule has 0 bridgehead atoms. The molecular weight excluding hydrogens is 350 g/mol. The van der Waals surface area contributed by atoms with E-state index in [2.05, 4.69) is 15.9 Å². The van der Waals surface area contributed by atoms with Gasteiger partial charge in [0.25, 0.3) is 0 Å². The molecule has 0 amide bonds. The maximum atomic E-state index is 11.1. The van der Waals surface area contributed by atoms with Crippen molar-refractivity contribution in [1.82, 2.24) is 0 Å². The lowest BCUT2D eigenvalue weighted by atomic mass is 9.77. The van der Waals surface area contributed by atoms with E-state index in [9.17, 15) is 4.79 Å². The van der Waals surface area contributed by atoms with Crippen molar-refractivity contribution < 1.29 is 9.90 Å². The third-order valence-electron chi connectivity index (χ3n) is 3.87. The van der Waals surface area contributed by atoms with Crippen molar-refractivity contribution in [2.45, 2.75) is 44.6 Å². The molecule has 3 N–H and O–H groups in total.